The number of esters is 1. The van der Waals surface area contributed by atoms with Gasteiger partial charge in [-0.2, -0.15) is 0 Å². The summed E-state index contributed by atoms with van der Waals surface area (Å²) in [6, 6.07) is 5.72. The fourth-order valence-corrected chi connectivity index (χ4v) is 3.61. The van der Waals surface area contributed by atoms with E-state index in [4.69, 9.17) is 9.47 Å². The van der Waals surface area contributed by atoms with Crippen LogP contribution < -0.4 is 9.64 Å². The normalized spacial score (nSPS) is 21.4. The number of carbonyl (C=O) groups excluding carboxylic acids is 1. The van der Waals surface area contributed by atoms with Crippen LogP contribution in [0.4, 0.5) is 5.69 Å². The molecule has 4 heteroatoms. The summed E-state index contributed by atoms with van der Waals surface area (Å²) in [5, 5.41) is 0. The molecular formula is C17H25NO3. The quantitative estimate of drug-likeness (QED) is 0.801. The largest absolute Gasteiger partial charge is 0.495 e. The molecule has 0 bridgehead atoms. The maximum absolute atomic E-state index is 12.1. The van der Waals surface area contributed by atoms with E-state index in [-0.39, 0.29) is 17.6 Å². The molecule has 0 amide bonds. The van der Waals surface area contributed by atoms with E-state index in [0.717, 1.165) is 17.9 Å². The second kappa shape index (κ2) is 5.58. The van der Waals surface area contributed by atoms with Crippen LogP contribution in [-0.2, 0) is 9.53 Å². The van der Waals surface area contributed by atoms with E-state index in [1.807, 2.05) is 19.1 Å². The zero-order chi connectivity index (χ0) is 15.8. The van der Waals surface area contributed by atoms with Crippen LogP contribution >= 0.6 is 0 Å². The SMILES string of the molecule is COC(=O)[C@H](C)N1c2c(OC)cccc2[C@@H](C)CC1(C)C. The van der Waals surface area contributed by atoms with E-state index in [9.17, 15) is 4.79 Å². The van der Waals surface area contributed by atoms with E-state index in [2.05, 4.69) is 31.7 Å². The molecule has 1 aliphatic heterocycles. The highest BCUT2D eigenvalue weighted by molar-refractivity contribution is 5.83. The first-order valence-electron chi connectivity index (χ1n) is 7.37. The first-order valence-corrected chi connectivity index (χ1v) is 7.37. The molecule has 0 saturated carbocycles. The molecule has 21 heavy (non-hydrogen) atoms. The van der Waals surface area contributed by atoms with Crippen LogP contribution in [0.15, 0.2) is 18.2 Å². The summed E-state index contributed by atoms with van der Waals surface area (Å²) in [6.07, 6.45) is 0.981. The van der Waals surface area contributed by atoms with Crippen LogP contribution in [0.2, 0.25) is 0 Å². The second-order valence-electron chi connectivity index (χ2n) is 6.38. The van der Waals surface area contributed by atoms with Gasteiger partial charge >= 0.3 is 5.97 Å². The lowest BCUT2D eigenvalue weighted by atomic mass is 9.79. The van der Waals surface area contributed by atoms with Crippen LogP contribution in [0.3, 0.4) is 0 Å². The molecule has 0 aromatic heterocycles. The number of ether oxygens (including phenoxy) is 2. The number of fused-ring (bicyclic) bond motifs is 1. The van der Waals surface area contributed by atoms with Gasteiger partial charge in [0, 0.05) is 5.54 Å². The van der Waals surface area contributed by atoms with Crippen molar-refractivity contribution in [3.8, 4) is 5.75 Å². The number of hydrogen-bond donors (Lipinski definition) is 0. The number of nitrogens with zero attached hydrogens (tertiary/aromatic N) is 1. The molecule has 2 rings (SSSR count). The summed E-state index contributed by atoms with van der Waals surface area (Å²) in [5.41, 5.74) is 2.10. The van der Waals surface area contributed by atoms with Gasteiger partial charge in [-0.1, -0.05) is 19.1 Å². The average molecular weight is 291 g/mol. The summed E-state index contributed by atoms with van der Waals surface area (Å²) >= 11 is 0. The van der Waals surface area contributed by atoms with Crippen LogP contribution in [-0.4, -0.2) is 31.8 Å². The number of benzene rings is 1. The van der Waals surface area contributed by atoms with Gasteiger partial charge in [0.05, 0.1) is 19.9 Å². The molecule has 0 saturated heterocycles. The highest BCUT2D eigenvalue weighted by Crippen LogP contribution is 2.48. The molecule has 0 fully saturated rings. The molecule has 1 aromatic carbocycles. The van der Waals surface area contributed by atoms with Crippen molar-refractivity contribution in [3.05, 3.63) is 23.8 Å². The maximum atomic E-state index is 12.1. The van der Waals surface area contributed by atoms with E-state index in [1.54, 1.807) is 7.11 Å². The van der Waals surface area contributed by atoms with Gasteiger partial charge in [0.15, 0.2) is 0 Å². The zero-order valence-electron chi connectivity index (χ0n) is 13.8. The van der Waals surface area contributed by atoms with Crippen LogP contribution in [0.25, 0.3) is 0 Å². The first-order chi connectivity index (χ1) is 9.83. The standard InChI is InChI=1S/C17H25NO3/c1-11-10-17(3,4)18(12(2)16(19)21-6)15-13(11)8-7-9-14(15)20-5/h7-9,11-12H,10H2,1-6H3/t11-,12-/m0/s1. The topological polar surface area (TPSA) is 38.8 Å². The number of carbonyl (C=O) groups is 1. The predicted octanol–water partition coefficient (Wildman–Crippen LogP) is 3.35. The molecule has 1 heterocycles. The van der Waals surface area contributed by atoms with Crippen LogP contribution in [0, 0.1) is 0 Å². The molecule has 1 aromatic rings. The third-order valence-corrected chi connectivity index (χ3v) is 4.41. The van der Waals surface area contributed by atoms with Gasteiger partial charge in [-0.05, 0) is 44.7 Å². The van der Waals surface area contributed by atoms with Crippen LogP contribution in [0.1, 0.15) is 45.6 Å². The Balaban J connectivity index is 2.63. The van der Waals surface area contributed by atoms with Gasteiger partial charge in [-0.3, -0.25) is 0 Å². The highest BCUT2D eigenvalue weighted by Gasteiger charge is 2.42. The summed E-state index contributed by atoms with van der Waals surface area (Å²) in [7, 11) is 3.10. The minimum Gasteiger partial charge on any atom is -0.495 e. The lowest BCUT2D eigenvalue weighted by Crippen LogP contribution is -2.55. The third-order valence-electron chi connectivity index (χ3n) is 4.41. The Morgan fingerprint density at radius 2 is 2.05 bits per heavy atom. The molecule has 4 nitrogen and oxygen atoms in total. The van der Waals surface area contributed by atoms with Gasteiger partial charge in [-0.15, -0.1) is 0 Å². The van der Waals surface area contributed by atoms with E-state index < -0.39 is 0 Å². The fraction of sp³-hybridized carbons (Fsp3) is 0.588. The molecule has 0 spiro atoms. The lowest BCUT2D eigenvalue weighted by molar-refractivity contribution is -0.142. The summed E-state index contributed by atoms with van der Waals surface area (Å²) in [5.74, 6) is 1.00. The monoisotopic (exact) mass is 291 g/mol. The average Bonchev–Trinajstić information content (AvgIpc) is 2.44. The van der Waals surface area contributed by atoms with E-state index in [1.165, 1.54) is 12.7 Å². The zero-order valence-corrected chi connectivity index (χ0v) is 13.8. The van der Waals surface area contributed by atoms with Crippen molar-refractivity contribution in [2.75, 3.05) is 19.1 Å². The van der Waals surface area contributed by atoms with Crippen molar-refractivity contribution in [1.82, 2.24) is 0 Å². The van der Waals surface area contributed by atoms with Crippen molar-refractivity contribution >= 4 is 11.7 Å². The van der Waals surface area contributed by atoms with E-state index in [0.29, 0.717) is 5.92 Å². The van der Waals surface area contributed by atoms with Crippen molar-refractivity contribution in [1.29, 1.82) is 0 Å². The molecule has 1 aliphatic rings. The van der Waals surface area contributed by atoms with Gasteiger partial charge < -0.3 is 14.4 Å². The Bertz CT molecular complexity index is 539. The highest BCUT2D eigenvalue weighted by atomic mass is 16.5. The van der Waals surface area contributed by atoms with Crippen molar-refractivity contribution in [2.24, 2.45) is 0 Å². The smallest absolute Gasteiger partial charge is 0.328 e. The molecule has 0 radical (unpaired) electrons. The summed E-state index contributed by atoms with van der Waals surface area (Å²) in [6.45, 7) is 8.44. The summed E-state index contributed by atoms with van der Waals surface area (Å²) < 4.78 is 10.5. The fourth-order valence-electron chi connectivity index (χ4n) is 3.61. The molecule has 0 N–H and O–H groups in total. The van der Waals surface area contributed by atoms with Gasteiger partial charge in [0.2, 0.25) is 0 Å². The summed E-state index contributed by atoms with van der Waals surface area (Å²) in [4.78, 5) is 14.2. The minimum atomic E-state index is -0.354. The number of rotatable bonds is 3. The Labute approximate surface area is 127 Å². The number of anilines is 1. The Morgan fingerprint density at radius 1 is 1.38 bits per heavy atom. The molecule has 116 valence electrons. The number of methoxy groups -OCH3 is 2. The number of para-hydroxylation sites is 1. The van der Waals surface area contributed by atoms with Gasteiger partial charge in [0.25, 0.3) is 0 Å². The second-order valence-corrected chi connectivity index (χ2v) is 6.38. The van der Waals surface area contributed by atoms with E-state index >= 15 is 0 Å². The predicted molar refractivity (Wildman–Crippen MR) is 84.1 cm³/mol. The van der Waals surface area contributed by atoms with Gasteiger partial charge in [0.1, 0.15) is 11.8 Å². The van der Waals surface area contributed by atoms with Crippen molar-refractivity contribution in [3.63, 3.8) is 0 Å². The Hall–Kier alpha value is -1.71. The molecular weight excluding hydrogens is 266 g/mol. The van der Waals surface area contributed by atoms with Crippen molar-refractivity contribution < 1.29 is 14.3 Å². The Morgan fingerprint density at radius 3 is 2.62 bits per heavy atom. The first kappa shape index (κ1) is 15.7. The molecule has 0 unspecified atom stereocenters. The number of hydrogen-bond acceptors (Lipinski definition) is 4. The minimum absolute atomic E-state index is 0.144. The van der Waals surface area contributed by atoms with Gasteiger partial charge in [-0.25, -0.2) is 4.79 Å². The molecule has 2 atom stereocenters. The van der Waals surface area contributed by atoms with Crippen molar-refractivity contribution in [2.45, 2.75) is 51.6 Å². The third kappa shape index (κ3) is 2.59. The lowest BCUT2D eigenvalue weighted by Gasteiger charge is -2.49. The molecule has 0 aliphatic carbocycles. The Kier molecular flexibility index (Phi) is 4.17. The maximum Gasteiger partial charge on any atom is 0.328 e. The van der Waals surface area contributed by atoms with Crippen LogP contribution in [0.5, 0.6) is 5.75 Å².